The highest BCUT2D eigenvalue weighted by Crippen LogP contribution is 2.38. The standard InChI is InChI=1S/C21H23F6N3O2S/c22-20(23,24)11-4-5-15(21(25,26)27)13(6-11)19(31)29-9-18-30-12-2-1-3-16(32-18)14(7-12)17-8-28-10-33-17/h4-6,10,12,14,16-18,30H,1-3,7-9H2,(H,29,31). The summed E-state index contributed by atoms with van der Waals surface area (Å²) >= 11 is 1.66. The summed E-state index contributed by atoms with van der Waals surface area (Å²) in [5.74, 6) is -0.983. The van der Waals surface area contributed by atoms with Gasteiger partial charge in [0, 0.05) is 17.2 Å². The minimum Gasteiger partial charge on any atom is -0.358 e. The molecule has 1 aromatic rings. The number of alkyl halides is 6. The number of carbonyl (C=O) groups excluding carboxylic acids is 1. The number of nitrogens with one attached hydrogen (secondary N) is 2. The SMILES string of the molecule is O=C(NCC1NC2CCCC(O1)C(C1CN=CS1)C2)c1cc(C(F)(F)F)ccc1C(F)(F)F. The van der Waals surface area contributed by atoms with E-state index in [1.54, 1.807) is 11.8 Å². The number of carbonyl (C=O) groups is 1. The molecule has 5 nitrogen and oxygen atoms in total. The topological polar surface area (TPSA) is 62.7 Å². The van der Waals surface area contributed by atoms with Crippen molar-refractivity contribution in [3.05, 3.63) is 34.9 Å². The molecule has 2 aliphatic heterocycles. The van der Waals surface area contributed by atoms with Crippen LogP contribution in [-0.4, -0.2) is 48.2 Å². The second-order valence-electron chi connectivity index (χ2n) is 8.47. The van der Waals surface area contributed by atoms with E-state index in [0.29, 0.717) is 17.9 Å². The van der Waals surface area contributed by atoms with Crippen molar-refractivity contribution < 1.29 is 35.9 Å². The molecule has 1 amide bonds. The first kappa shape index (κ1) is 24.3. The highest BCUT2D eigenvalue weighted by atomic mass is 32.2. The van der Waals surface area contributed by atoms with Crippen molar-refractivity contribution in [2.24, 2.45) is 10.9 Å². The van der Waals surface area contributed by atoms with E-state index >= 15 is 0 Å². The van der Waals surface area contributed by atoms with Crippen molar-refractivity contribution in [1.29, 1.82) is 0 Å². The first-order chi connectivity index (χ1) is 15.5. The molecule has 1 saturated heterocycles. The second-order valence-corrected chi connectivity index (χ2v) is 9.56. The minimum atomic E-state index is -4.97. The number of nitrogens with zero attached hydrogens (tertiary/aromatic N) is 1. The molecule has 0 spiro atoms. The fourth-order valence-electron chi connectivity index (χ4n) is 4.69. The fraction of sp³-hybridized carbons (Fsp3) is 0.619. The molecule has 5 atom stereocenters. The third-order valence-corrected chi connectivity index (χ3v) is 7.37. The van der Waals surface area contributed by atoms with Crippen LogP contribution in [0.5, 0.6) is 0 Å². The Morgan fingerprint density at radius 2 is 1.97 bits per heavy atom. The Morgan fingerprint density at radius 1 is 1.18 bits per heavy atom. The Morgan fingerprint density at radius 3 is 2.64 bits per heavy atom. The molecule has 4 rings (SSSR count). The van der Waals surface area contributed by atoms with E-state index in [-0.39, 0.29) is 36.7 Å². The molecule has 182 valence electrons. The molecule has 5 unspecified atom stereocenters. The van der Waals surface area contributed by atoms with Crippen LogP contribution in [0.2, 0.25) is 0 Å². The van der Waals surface area contributed by atoms with Crippen molar-refractivity contribution in [3.8, 4) is 0 Å². The summed E-state index contributed by atoms with van der Waals surface area (Å²) < 4.78 is 85.2. The first-order valence-electron chi connectivity index (χ1n) is 10.6. The molecule has 0 aromatic heterocycles. The summed E-state index contributed by atoms with van der Waals surface area (Å²) in [4.78, 5) is 16.8. The fourth-order valence-corrected chi connectivity index (χ4v) is 5.68. The molecule has 2 N–H and O–H groups in total. The lowest BCUT2D eigenvalue weighted by molar-refractivity contribution is -0.141. The molecule has 1 saturated carbocycles. The summed E-state index contributed by atoms with van der Waals surface area (Å²) in [6.07, 6.45) is -7.02. The maximum atomic E-state index is 13.3. The number of amides is 1. The van der Waals surface area contributed by atoms with Gasteiger partial charge in [0.05, 0.1) is 41.4 Å². The van der Waals surface area contributed by atoms with Crippen LogP contribution in [0.4, 0.5) is 26.3 Å². The number of benzene rings is 1. The number of hydrogen-bond donors (Lipinski definition) is 2. The van der Waals surface area contributed by atoms with E-state index in [0.717, 1.165) is 25.7 Å². The van der Waals surface area contributed by atoms with Gasteiger partial charge in [0.25, 0.3) is 5.91 Å². The Labute approximate surface area is 190 Å². The van der Waals surface area contributed by atoms with Gasteiger partial charge in [-0.05, 0) is 43.9 Å². The van der Waals surface area contributed by atoms with Crippen LogP contribution in [-0.2, 0) is 17.1 Å². The monoisotopic (exact) mass is 495 g/mol. The van der Waals surface area contributed by atoms with Gasteiger partial charge in [-0.15, -0.1) is 11.8 Å². The average Bonchev–Trinajstić information content (AvgIpc) is 3.11. The zero-order valence-corrected chi connectivity index (χ0v) is 18.2. The average molecular weight is 495 g/mol. The number of rotatable bonds is 4. The lowest BCUT2D eigenvalue weighted by Crippen LogP contribution is -2.47. The number of aliphatic imine (C=N–C) groups is 1. The lowest BCUT2D eigenvalue weighted by Gasteiger charge is -2.30. The van der Waals surface area contributed by atoms with Crippen LogP contribution in [0.3, 0.4) is 0 Å². The van der Waals surface area contributed by atoms with Gasteiger partial charge in [-0.1, -0.05) is 0 Å². The largest absolute Gasteiger partial charge is 0.417 e. The van der Waals surface area contributed by atoms with Gasteiger partial charge in [0.2, 0.25) is 0 Å². The van der Waals surface area contributed by atoms with Crippen molar-refractivity contribution in [3.63, 3.8) is 0 Å². The number of ether oxygens (including phenoxy) is 1. The predicted molar refractivity (Wildman–Crippen MR) is 111 cm³/mol. The van der Waals surface area contributed by atoms with E-state index in [1.165, 1.54) is 0 Å². The molecule has 2 bridgehead atoms. The first-order valence-corrected chi connectivity index (χ1v) is 11.6. The highest BCUT2D eigenvalue weighted by molar-refractivity contribution is 8.12. The van der Waals surface area contributed by atoms with Crippen LogP contribution in [0, 0.1) is 5.92 Å². The van der Waals surface area contributed by atoms with Gasteiger partial charge < -0.3 is 10.1 Å². The van der Waals surface area contributed by atoms with Crippen molar-refractivity contribution in [2.75, 3.05) is 13.1 Å². The van der Waals surface area contributed by atoms with Gasteiger partial charge in [-0.2, -0.15) is 26.3 Å². The summed E-state index contributed by atoms with van der Waals surface area (Å²) in [7, 11) is 0. The Hall–Kier alpha value is -1.79. The number of fused-ring (bicyclic) bond motifs is 3. The van der Waals surface area contributed by atoms with Crippen LogP contribution in [0.15, 0.2) is 23.2 Å². The molecule has 1 aromatic carbocycles. The van der Waals surface area contributed by atoms with Crippen LogP contribution < -0.4 is 10.6 Å². The summed E-state index contributed by atoms with van der Waals surface area (Å²) in [6, 6.07) is 0.961. The van der Waals surface area contributed by atoms with E-state index < -0.39 is 41.2 Å². The van der Waals surface area contributed by atoms with E-state index in [2.05, 4.69) is 15.6 Å². The number of thioether (sulfide) groups is 1. The van der Waals surface area contributed by atoms with E-state index in [9.17, 15) is 31.1 Å². The Balaban J connectivity index is 1.47. The third kappa shape index (κ3) is 5.65. The van der Waals surface area contributed by atoms with Gasteiger partial charge in [-0.25, -0.2) is 0 Å². The molecule has 2 heterocycles. The smallest absolute Gasteiger partial charge is 0.358 e. The maximum absolute atomic E-state index is 13.3. The molecular weight excluding hydrogens is 472 g/mol. The zero-order valence-electron chi connectivity index (χ0n) is 17.4. The molecule has 12 heteroatoms. The predicted octanol–water partition coefficient (Wildman–Crippen LogP) is 4.47. The Kier molecular flexibility index (Phi) is 6.97. The van der Waals surface area contributed by atoms with Gasteiger partial charge in [0.15, 0.2) is 0 Å². The van der Waals surface area contributed by atoms with Gasteiger partial charge in [0.1, 0.15) is 6.23 Å². The summed E-state index contributed by atoms with van der Waals surface area (Å²) in [6.45, 7) is 0.541. The Bertz CT molecular complexity index is 899. The van der Waals surface area contributed by atoms with Crippen molar-refractivity contribution >= 4 is 23.2 Å². The second kappa shape index (κ2) is 9.46. The molecule has 2 fully saturated rings. The maximum Gasteiger partial charge on any atom is 0.417 e. The van der Waals surface area contributed by atoms with Crippen LogP contribution >= 0.6 is 11.8 Å². The van der Waals surface area contributed by atoms with Gasteiger partial charge >= 0.3 is 12.4 Å². The third-order valence-electron chi connectivity index (χ3n) is 6.25. The van der Waals surface area contributed by atoms with Gasteiger partial charge in [-0.3, -0.25) is 15.1 Å². The van der Waals surface area contributed by atoms with Crippen LogP contribution in [0.25, 0.3) is 0 Å². The zero-order chi connectivity index (χ0) is 23.8. The minimum absolute atomic E-state index is 0.0922. The quantitative estimate of drug-likeness (QED) is 0.606. The molecule has 0 radical (unpaired) electrons. The summed E-state index contributed by atoms with van der Waals surface area (Å²) in [5, 5.41) is 5.93. The van der Waals surface area contributed by atoms with Crippen LogP contribution in [0.1, 0.15) is 47.2 Å². The van der Waals surface area contributed by atoms with Crippen molar-refractivity contribution in [2.45, 2.75) is 61.7 Å². The van der Waals surface area contributed by atoms with E-state index in [1.807, 2.05) is 5.55 Å². The van der Waals surface area contributed by atoms with Crippen molar-refractivity contribution in [1.82, 2.24) is 10.6 Å². The summed E-state index contributed by atoms with van der Waals surface area (Å²) in [5.41, 5.74) is -1.97. The number of hydrogen-bond acceptors (Lipinski definition) is 5. The molecule has 3 aliphatic rings. The molecular formula is C21H23F6N3O2S. The highest BCUT2D eigenvalue weighted by Gasteiger charge is 2.41. The molecule has 1 aliphatic carbocycles. The molecule has 33 heavy (non-hydrogen) atoms. The lowest BCUT2D eigenvalue weighted by atomic mass is 9.92. The number of halogens is 6. The van der Waals surface area contributed by atoms with E-state index in [4.69, 9.17) is 4.74 Å². The normalized spacial score (nSPS) is 30.2.